The van der Waals surface area contributed by atoms with E-state index in [0.29, 0.717) is 6.42 Å². The maximum absolute atomic E-state index is 10.8. The minimum Gasteiger partial charge on any atom is -0.493 e. The van der Waals surface area contributed by atoms with Gasteiger partial charge < -0.3 is 14.6 Å². The summed E-state index contributed by atoms with van der Waals surface area (Å²) >= 11 is 0. The molecule has 0 unspecified atom stereocenters. The third-order valence-electron chi connectivity index (χ3n) is 2.21. The molecule has 0 saturated heterocycles. The Morgan fingerprint density at radius 2 is 1.68 bits per heavy atom. The zero-order chi connectivity index (χ0) is 14.4. The number of aliphatic hydroxyl groups is 1. The van der Waals surface area contributed by atoms with Gasteiger partial charge in [0.25, 0.3) is 0 Å². The maximum Gasteiger partial charge on any atom is 0.350 e. The van der Waals surface area contributed by atoms with Gasteiger partial charge in [-0.1, -0.05) is 0 Å². The quantitative estimate of drug-likeness (QED) is 0.450. The number of hydrogen-bond donors (Lipinski definition) is 1. The lowest BCUT2D eigenvalue weighted by atomic mass is 10.2. The topological polar surface area (TPSA) is 125 Å². The van der Waals surface area contributed by atoms with Crippen molar-refractivity contribution < 1.29 is 24.4 Å². The number of aliphatic hydroxyl groups excluding tert-OH is 1. The molecule has 1 aromatic carbocycles. The van der Waals surface area contributed by atoms with E-state index in [4.69, 9.17) is 14.6 Å². The van der Waals surface area contributed by atoms with E-state index in [1.165, 1.54) is 7.11 Å². The molecule has 0 aliphatic carbocycles. The Bertz CT molecular complexity index is 489. The Morgan fingerprint density at radius 1 is 1.16 bits per heavy atom. The lowest BCUT2D eigenvalue weighted by Gasteiger charge is -2.09. The highest BCUT2D eigenvalue weighted by Gasteiger charge is 2.28. The van der Waals surface area contributed by atoms with Crippen LogP contribution in [0.3, 0.4) is 0 Å². The summed E-state index contributed by atoms with van der Waals surface area (Å²) in [7, 11) is 1.27. The fraction of sp³-hybridized carbons (Fsp3) is 0.400. The second-order valence-electron chi connectivity index (χ2n) is 3.43. The van der Waals surface area contributed by atoms with Crippen molar-refractivity contribution in [2.45, 2.75) is 6.42 Å². The third kappa shape index (κ3) is 3.52. The van der Waals surface area contributed by atoms with Gasteiger partial charge in [0.2, 0.25) is 0 Å². The fourth-order valence-corrected chi connectivity index (χ4v) is 1.35. The van der Waals surface area contributed by atoms with Crippen LogP contribution >= 0.6 is 0 Å². The summed E-state index contributed by atoms with van der Waals surface area (Å²) in [5.74, 6) is 0.0449. The van der Waals surface area contributed by atoms with Gasteiger partial charge in [-0.3, -0.25) is 20.2 Å². The monoisotopic (exact) mass is 272 g/mol. The molecule has 0 amide bonds. The van der Waals surface area contributed by atoms with Gasteiger partial charge in [-0.25, -0.2) is 0 Å². The minimum absolute atomic E-state index is 0.0215. The highest BCUT2D eigenvalue weighted by Crippen LogP contribution is 2.38. The van der Waals surface area contributed by atoms with Gasteiger partial charge in [-0.15, -0.1) is 0 Å². The zero-order valence-electron chi connectivity index (χ0n) is 10.1. The van der Waals surface area contributed by atoms with Crippen LogP contribution in [0.1, 0.15) is 6.42 Å². The number of nitro benzene ring substituents is 2. The minimum atomic E-state index is -0.865. The summed E-state index contributed by atoms with van der Waals surface area (Å²) in [6, 6.07) is 1.88. The van der Waals surface area contributed by atoms with Crippen LogP contribution in [-0.4, -0.2) is 35.3 Å². The average molecular weight is 272 g/mol. The Kier molecular flexibility index (Phi) is 5.01. The first-order valence-corrected chi connectivity index (χ1v) is 5.25. The van der Waals surface area contributed by atoms with E-state index in [2.05, 4.69) is 0 Å². The second-order valence-corrected chi connectivity index (χ2v) is 3.43. The van der Waals surface area contributed by atoms with Gasteiger partial charge in [0.05, 0.1) is 35.7 Å². The van der Waals surface area contributed by atoms with Crippen molar-refractivity contribution in [1.82, 2.24) is 0 Å². The molecule has 0 bridgehead atoms. The summed E-state index contributed by atoms with van der Waals surface area (Å²) in [4.78, 5) is 19.8. The Hall–Kier alpha value is -2.42. The summed E-state index contributed by atoms with van der Waals surface area (Å²) in [6.07, 6.45) is 0.327. The van der Waals surface area contributed by atoms with Gasteiger partial charge in [0.15, 0.2) is 11.5 Å². The molecule has 0 radical (unpaired) electrons. The van der Waals surface area contributed by atoms with E-state index < -0.39 is 21.2 Å². The molecule has 9 heteroatoms. The van der Waals surface area contributed by atoms with Crippen molar-refractivity contribution >= 4 is 11.4 Å². The Balaban J connectivity index is 3.19. The normalized spacial score (nSPS) is 10.0. The van der Waals surface area contributed by atoms with Crippen LogP contribution in [0.5, 0.6) is 11.5 Å². The van der Waals surface area contributed by atoms with Crippen LogP contribution in [-0.2, 0) is 0 Å². The molecule has 104 valence electrons. The summed E-state index contributed by atoms with van der Waals surface area (Å²) in [5, 5.41) is 30.1. The molecular formula is C10H12N2O7. The van der Waals surface area contributed by atoms with Crippen molar-refractivity contribution in [1.29, 1.82) is 0 Å². The highest BCUT2D eigenvalue weighted by molar-refractivity contribution is 5.62. The molecule has 0 spiro atoms. The Morgan fingerprint density at radius 3 is 2.11 bits per heavy atom. The van der Waals surface area contributed by atoms with E-state index in [0.717, 1.165) is 12.1 Å². The molecule has 1 rings (SSSR count). The zero-order valence-corrected chi connectivity index (χ0v) is 10.1. The first-order chi connectivity index (χ1) is 9.01. The number of benzene rings is 1. The van der Waals surface area contributed by atoms with Gasteiger partial charge in [0, 0.05) is 13.0 Å². The molecule has 0 heterocycles. The lowest BCUT2D eigenvalue weighted by molar-refractivity contribution is -0.422. The molecule has 0 aliphatic rings. The second kappa shape index (κ2) is 6.50. The van der Waals surface area contributed by atoms with Crippen LogP contribution in [0.4, 0.5) is 11.4 Å². The van der Waals surface area contributed by atoms with Gasteiger partial charge >= 0.3 is 11.4 Å². The van der Waals surface area contributed by atoms with Gasteiger partial charge in [0.1, 0.15) is 0 Å². The van der Waals surface area contributed by atoms with E-state index in [9.17, 15) is 20.2 Å². The van der Waals surface area contributed by atoms with E-state index in [-0.39, 0.29) is 24.7 Å². The van der Waals surface area contributed by atoms with E-state index in [1.807, 2.05) is 0 Å². The summed E-state index contributed by atoms with van der Waals surface area (Å²) in [5.41, 5.74) is -1.35. The van der Waals surface area contributed by atoms with Crippen molar-refractivity contribution in [3.8, 4) is 11.5 Å². The SMILES string of the molecule is COc1cc([N+](=O)[O-])c([N+](=O)[O-])cc1OCCCO. The summed E-state index contributed by atoms with van der Waals surface area (Å²) in [6.45, 7) is 0.0131. The van der Waals surface area contributed by atoms with Crippen LogP contribution in [0, 0.1) is 20.2 Å². The van der Waals surface area contributed by atoms with Crippen LogP contribution in [0.2, 0.25) is 0 Å². The Labute approximate surface area is 107 Å². The molecule has 19 heavy (non-hydrogen) atoms. The number of rotatable bonds is 7. The number of methoxy groups -OCH3 is 1. The van der Waals surface area contributed by atoms with E-state index in [1.54, 1.807) is 0 Å². The van der Waals surface area contributed by atoms with Crippen molar-refractivity contribution in [2.75, 3.05) is 20.3 Å². The predicted molar refractivity (Wildman–Crippen MR) is 63.5 cm³/mol. The molecule has 1 aromatic rings. The largest absolute Gasteiger partial charge is 0.493 e. The highest BCUT2D eigenvalue weighted by atomic mass is 16.6. The summed E-state index contributed by atoms with van der Waals surface area (Å²) < 4.78 is 10.1. The molecule has 0 fully saturated rings. The number of nitrogens with zero attached hydrogens (tertiary/aromatic N) is 2. The van der Waals surface area contributed by atoms with Crippen molar-refractivity contribution in [3.63, 3.8) is 0 Å². The van der Waals surface area contributed by atoms with Crippen LogP contribution in [0.25, 0.3) is 0 Å². The molecule has 1 N–H and O–H groups in total. The lowest BCUT2D eigenvalue weighted by Crippen LogP contribution is -2.03. The van der Waals surface area contributed by atoms with Crippen LogP contribution in [0.15, 0.2) is 12.1 Å². The number of ether oxygens (including phenoxy) is 2. The van der Waals surface area contributed by atoms with Gasteiger partial charge in [-0.2, -0.15) is 0 Å². The number of hydrogen-bond acceptors (Lipinski definition) is 7. The fourth-order valence-electron chi connectivity index (χ4n) is 1.35. The molecule has 9 nitrogen and oxygen atoms in total. The van der Waals surface area contributed by atoms with Crippen molar-refractivity contribution in [2.24, 2.45) is 0 Å². The molecule has 0 atom stereocenters. The first kappa shape index (κ1) is 14.6. The molecular weight excluding hydrogens is 260 g/mol. The van der Waals surface area contributed by atoms with Crippen LogP contribution < -0.4 is 9.47 Å². The standard InChI is InChI=1S/C10H12N2O7/c1-18-9-5-7(11(14)15)8(12(16)17)6-10(9)19-4-2-3-13/h5-6,13H,2-4H2,1H3. The first-order valence-electron chi connectivity index (χ1n) is 5.25. The molecule has 0 saturated carbocycles. The maximum atomic E-state index is 10.8. The predicted octanol–water partition coefficient (Wildman–Crippen LogP) is 1.27. The van der Waals surface area contributed by atoms with Crippen molar-refractivity contribution in [3.05, 3.63) is 32.4 Å². The van der Waals surface area contributed by atoms with E-state index >= 15 is 0 Å². The smallest absolute Gasteiger partial charge is 0.350 e. The molecule has 0 aromatic heterocycles. The molecule has 0 aliphatic heterocycles. The number of nitro groups is 2. The van der Waals surface area contributed by atoms with Gasteiger partial charge in [-0.05, 0) is 0 Å². The average Bonchev–Trinajstić information content (AvgIpc) is 2.38. The third-order valence-corrected chi connectivity index (χ3v) is 2.21.